The molecule has 4 N–H and O–H groups in total. The number of aromatic nitrogens is 1. The zero-order valence-corrected chi connectivity index (χ0v) is 18.2. The molecule has 0 amide bonds. The number of carboxylic acids is 1. The first-order chi connectivity index (χ1) is 11.9. The highest BCUT2D eigenvalue weighted by Crippen LogP contribution is 2.31. The van der Waals surface area contributed by atoms with Gasteiger partial charge in [0.2, 0.25) is 0 Å². The smallest absolute Gasteiger partial charge is 0.337 e. The molecule has 0 aromatic carbocycles. The van der Waals surface area contributed by atoms with E-state index in [1.165, 1.54) is 11.8 Å². The van der Waals surface area contributed by atoms with Gasteiger partial charge in [-0.3, -0.25) is 4.98 Å². The first kappa shape index (κ1) is 26.0. The lowest BCUT2D eigenvalue weighted by atomic mass is 9.88. The summed E-state index contributed by atoms with van der Waals surface area (Å²) < 4.78 is 5.88. The lowest BCUT2D eigenvalue weighted by molar-refractivity contribution is -0.160. The Morgan fingerprint density at radius 2 is 2.00 bits per heavy atom. The van der Waals surface area contributed by atoms with Crippen molar-refractivity contribution in [1.82, 2.24) is 4.98 Å². The van der Waals surface area contributed by atoms with E-state index in [4.69, 9.17) is 10.2 Å². The van der Waals surface area contributed by atoms with Crippen molar-refractivity contribution >= 4 is 53.5 Å². The number of fused-ring (bicyclic) bond motifs is 1. The van der Waals surface area contributed by atoms with Crippen LogP contribution >= 0.6 is 36.6 Å². The molecule has 0 aliphatic rings. The predicted molar refractivity (Wildman–Crippen MR) is 115 cm³/mol. The quantitative estimate of drug-likeness (QED) is 0.550. The molecule has 6 nitrogen and oxygen atoms in total. The third-order valence-electron chi connectivity index (χ3n) is 4.46. The van der Waals surface area contributed by atoms with E-state index in [9.17, 15) is 15.0 Å². The number of nitrogens with zero attached hydrogens (tertiary/aromatic N) is 1. The normalized spacial score (nSPS) is 14.1. The van der Waals surface area contributed by atoms with Crippen molar-refractivity contribution in [3.05, 3.63) is 29.3 Å². The molecule has 0 saturated carbocycles. The summed E-state index contributed by atoms with van der Waals surface area (Å²) in [6, 6.07) is 0.874. The van der Waals surface area contributed by atoms with E-state index < -0.39 is 17.6 Å². The number of hydrogen-bond acceptors (Lipinski definition) is 6. The molecule has 2 aromatic heterocycles. The Hall–Kier alpha value is -0.990. The Bertz CT molecular complexity index is 756. The molecule has 0 aliphatic carbocycles. The number of nitrogens with two attached hydrogens (primary N) is 1. The van der Waals surface area contributed by atoms with Crippen molar-refractivity contribution in [2.45, 2.75) is 51.7 Å². The third kappa shape index (κ3) is 5.29. The number of aliphatic hydroxyl groups is 1. The van der Waals surface area contributed by atoms with Crippen molar-refractivity contribution in [2.75, 3.05) is 11.5 Å². The topological polar surface area (TPSA) is 110 Å². The summed E-state index contributed by atoms with van der Waals surface area (Å²) in [4.78, 5) is 16.1. The minimum atomic E-state index is -2.07. The van der Waals surface area contributed by atoms with E-state index in [0.29, 0.717) is 17.0 Å². The zero-order chi connectivity index (χ0) is 18.6. The molecule has 0 radical (unpaired) electrons. The van der Waals surface area contributed by atoms with Gasteiger partial charge in [0.15, 0.2) is 5.60 Å². The molecule has 0 spiro atoms. The second kappa shape index (κ2) is 11.1. The van der Waals surface area contributed by atoms with Crippen LogP contribution in [0.1, 0.15) is 37.8 Å². The van der Waals surface area contributed by atoms with Crippen molar-refractivity contribution in [1.29, 1.82) is 0 Å². The van der Waals surface area contributed by atoms with Gasteiger partial charge in [0.25, 0.3) is 0 Å². The third-order valence-corrected chi connectivity index (χ3v) is 5.46. The van der Waals surface area contributed by atoms with Gasteiger partial charge in [0.1, 0.15) is 11.3 Å². The minimum absolute atomic E-state index is 0. The second-order valence-corrected chi connectivity index (χ2v) is 7.33. The van der Waals surface area contributed by atoms with E-state index >= 15 is 0 Å². The number of furan rings is 1. The van der Waals surface area contributed by atoms with Crippen LogP contribution in [0.25, 0.3) is 11.0 Å². The molecule has 2 atom stereocenters. The van der Waals surface area contributed by atoms with Gasteiger partial charge in [-0.05, 0) is 18.2 Å². The number of carboxylic acid groups (broad SMARTS) is 1. The second-order valence-electron chi connectivity index (χ2n) is 6.01. The van der Waals surface area contributed by atoms with Gasteiger partial charge in [-0.1, -0.05) is 20.8 Å². The van der Waals surface area contributed by atoms with Crippen molar-refractivity contribution < 1.29 is 19.4 Å². The summed E-state index contributed by atoms with van der Waals surface area (Å²) >= 11 is 1.50. The molecule has 27 heavy (non-hydrogen) atoms. The van der Waals surface area contributed by atoms with Crippen LogP contribution in [0.4, 0.5) is 0 Å². The zero-order valence-electron chi connectivity index (χ0n) is 15.7. The molecular weight excluding hydrogens is 411 g/mol. The Labute approximate surface area is 176 Å². The van der Waals surface area contributed by atoms with Gasteiger partial charge in [0.05, 0.1) is 11.7 Å². The maximum Gasteiger partial charge on any atom is 0.337 e. The number of pyridine rings is 1. The number of rotatable bonds is 9. The molecule has 154 valence electrons. The Kier molecular flexibility index (Phi) is 10.7. The van der Waals surface area contributed by atoms with Crippen LogP contribution in [-0.2, 0) is 24.1 Å². The van der Waals surface area contributed by atoms with Crippen LogP contribution in [0.15, 0.2) is 16.7 Å². The fourth-order valence-corrected chi connectivity index (χ4v) is 3.79. The fourth-order valence-electron chi connectivity index (χ4n) is 3.02. The monoisotopic (exact) mass is 438 g/mol. The largest absolute Gasteiger partial charge is 0.479 e. The lowest BCUT2D eigenvalue weighted by Crippen LogP contribution is -2.57. The molecule has 0 saturated heterocycles. The molecule has 0 aliphatic heterocycles. The van der Waals surface area contributed by atoms with Crippen LogP contribution in [0.5, 0.6) is 0 Å². The summed E-state index contributed by atoms with van der Waals surface area (Å²) in [6.45, 7) is 5.99. The van der Waals surface area contributed by atoms with E-state index in [1.807, 2.05) is 20.8 Å². The number of halogens is 2. The number of carbonyl (C=O) groups is 1. The van der Waals surface area contributed by atoms with E-state index in [-0.39, 0.29) is 31.2 Å². The van der Waals surface area contributed by atoms with E-state index in [0.717, 1.165) is 35.3 Å². The van der Waals surface area contributed by atoms with Gasteiger partial charge in [-0.15, -0.1) is 24.8 Å². The first-order valence-corrected chi connectivity index (χ1v) is 9.71. The van der Waals surface area contributed by atoms with Crippen LogP contribution in [0.3, 0.4) is 0 Å². The number of hydrogen-bond donors (Lipinski definition) is 3. The van der Waals surface area contributed by atoms with Crippen molar-refractivity contribution in [3.63, 3.8) is 0 Å². The highest BCUT2D eigenvalue weighted by molar-refractivity contribution is 7.99. The molecular formula is C18H28Cl2N2O4S. The lowest BCUT2D eigenvalue weighted by Gasteiger charge is -2.29. The predicted octanol–water partition coefficient (Wildman–Crippen LogP) is 3.23. The van der Waals surface area contributed by atoms with Gasteiger partial charge in [-0.25, -0.2) is 4.79 Å². The summed E-state index contributed by atoms with van der Waals surface area (Å²) in [5.41, 5.74) is 6.16. The maximum atomic E-state index is 11.8. The van der Waals surface area contributed by atoms with Crippen molar-refractivity contribution in [2.24, 2.45) is 5.73 Å². The van der Waals surface area contributed by atoms with Gasteiger partial charge in [0, 0.05) is 35.7 Å². The first-order valence-electron chi connectivity index (χ1n) is 8.56. The molecule has 2 rings (SSSR count). The fraction of sp³-hybridized carbons (Fsp3) is 0.556. The van der Waals surface area contributed by atoms with Crippen LogP contribution in [-0.4, -0.2) is 44.3 Å². The van der Waals surface area contributed by atoms with Crippen LogP contribution in [0.2, 0.25) is 0 Å². The SMILES string of the molecule is CCSCC(N)C(O)(Cc1nccc2oc(CC)c(CC)c12)C(=O)O.Cl.Cl. The standard InChI is InChI=1S/C18H26N2O4S.2ClH/c1-4-11-13(5-2)24-14-7-8-20-12(16(11)14)9-18(23,17(21)22)15(19)10-25-6-3;;/h7-8,15,23H,4-6,9-10,19H2,1-3H3,(H,21,22);2*1H. The summed E-state index contributed by atoms with van der Waals surface area (Å²) in [5, 5.41) is 21.2. The molecule has 0 bridgehead atoms. The number of aryl methyl sites for hydroxylation is 2. The molecule has 9 heteroatoms. The summed E-state index contributed by atoms with van der Waals surface area (Å²) in [7, 11) is 0. The summed E-state index contributed by atoms with van der Waals surface area (Å²) in [6.07, 6.45) is 2.92. The highest BCUT2D eigenvalue weighted by Gasteiger charge is 2.43. The molecule has 0 fully saturated rings. The number of aliphatic carboxylic acids is 1. The maximum absolute atomic E-state index is 11.8. The molecule has 2 heterocycles. The number of thioether (sulfide) groups is 1. The van der Waals surface area contributed by atoms with Crippen LogP contribution < -0.4 is 5.73 Å². The Balaban J connectivity index is 0.00000338. The van der Waals surface area contributed by atoms with Gasteiger partial charge in [-0.2, -0.15) is 11.8 Å². The minimum Gasteiger partial charge on any atom is -0.479 e. The van der Waals surface area contributed by atoms with E-state index in [1.54, 1.807) is 12.3 Å². The Morgan fingerprint density at radius 1 is 1.33 bits per heavy atom. The van der Waals surface area contributed by atoms with Gasteiger partial charge >= 0.3 is 5.97 Å². The van der Waals surface area contributed by atoms with Crippen molar-refractivity contribution in [3.8, 4) is 0 Å². The highest BCUT2D eigenvalue weighted by atomic mass is 35.5. The van der Waals surface area contributed by atoms with Crippen LogP contribution in [0, 0.1) is 0 Å². The average molecular weight is 439 g/mol. The van der Waals surface area contributed by atoms with E-state index in [2.05, 4.69) is 4.98 Å². The summed E-state index contributed by atoms with van der Waals surface area (Å²) in [5.74, 6) is 0.713. The average Bonchev–Trinajstić information content (AvgIpc) is 2.97. The molecule has 2 aromatic rings. The Morgan fingerprint density at radius 3 is 2.52 bits per heavy atom. The van der Waals surface area contributed by atoms with Gasteiger partial charge < -0.3 is 20.4 Å². The molecule has 2 unspecified atom stereocenters.